The molecule has 25 heavy (non-hydrogen) atoms. The van der Waals surface area contributed by atoms with Crippen molar-refractivity contribution in [3.63, 3.8) is 0 Å². The van der Waals surface area contributed by atoms with Gasteiger partial charge in [-0.05, 0) is 41.5 Å². The number of ether oxygens (including phenoxy) is 1. The van der Waals surface area contributed by atoms with Crippen LogP contribution in [0.1, 0.15) is 16.7 Å². The van der Waals surface area contributed by atoms with Crippen molar-refractivity contribution in [1.82, 2.24) is 10.3 Å². The second-order valence-corrected chi connectivity index (χ2v) is 6.04. The second-order valence-electron chi connectivity index (χ2n) is 5.64. The third-order valence-electron chi connectivity index (χ3n) is 3.69. The van der Waals surface area contributed by atoms with E-state index < -0.39 is 0 Å². The fourth-order valence-corrected chi connectivity index (χ4v) is 2.62. The van der Waals surface area contributed by atoms with Crippen LogP contribution in [0.2, 0.25) is 5.02 Å². The average molecular weight is 357 g/mol. The Morgan fingerprint density at radius 3 is 2.64 bits per heavy atom. The first-order valence-corrected chi connectivity index (χ1v) is 8.34. The maximum absolute atomic E-state index is 13.1. The smallest absolute Gasteiger partial charge is 0.124 e. The number of rotatable bonds is 7. The van der Waals surface area contributed by atoms with Gasteiger partial charge in [-0.1, -0.05) is 35.9 Å². The molecule has 0 saturated heterocycles. The van der Waals surface area contributed by atoms with Crippen molar-refractivity contribution in [1.29, 1.82) is 0 Å². The van der Waals surface area contributed by atoms with Gasteiger partial charge in [0.1, 0.15) is 18.2 Å². The second kappa shape index (κ2) is 8.60. The highest BCUT2D eigenvalue weighted by Gasteiger charge is 2.04. The van der Waals surface area contributed by atoms with Crippen LogP contribution in [0.25, 0.3) is 0 Å². The molecule has 0 unspecified atom stereocenters. The van der Waals surface area contributed by atoms with Crippen LogP contribution in [0.5, 0.6) is 5.75 Å². The van der Waals surface area contributed by atoms with Gasteiger partial charge in [0, 0.05) is 31.0 Å². The normalized spacial score (nSPS) is 10.6. The molecule has 0 aliphatic carbocycles. The van der Waals surface area contributed by atoms with Gasteiger partial charge < -0.3 is 10.1 Å². The van der Waals surface area contributed by atoms with Gasteiger partial charge in [0.05, 0.1) is 5.02 Å². The molecule has 0 spiro atoms. The molecule has 0 aliphatic rings. The summed E-state index contributed by atoms with van der Waals surface area (Å²) in [6.45, 7) is 1.78. The lowest BCUT2D eigenvalue weighted by Crippen LogP contribution is -2.12. The number of pyridine rings is 1. The first kappa shape index (κ1) is 17.4. The van der Waals surface area contributed by atoms with Crippen LogP contribution in [0.15, 0.2) is 67.0 Å². The van der Waals surface area contributed by atoms with E-state index in [9.17, 15) is 4.39 Å². The Labute approximate surface area is 151 Å². The van der Waals surface area contributed by atoms with Gasteiger partial charge in [0.15, 0.2) is 0 Å². The van der Waals surface area contributed by atoms with Gasteiger partial charge in [-0.15, -0.1) is 0 Å². The highest BCUT2D eigenvalue weighted by atomic mass is 35.5. The molecular formula is C20H18ClFN2O. The molecular weight excluding hydrogens is 339 g/mol. The number of hydrogen-bond donors (Lipinski definition) is 1. The first-order valence-electron chi connectivity index (χ1n) is 7.96. The number of aromatic nitrogens is 1. The number of nitrogens with one attached hydrogen (secondary N) is 1. The molecule has 1 heterocycles. The summed E-state index contributed by atoms with van der Waals surface area (Å²) in [5, 5.41) is 3.75. The molecule has 0 fully saturated rings. The fourth-order valence-electron chi connectivity index (χ4n) is 2.40. The SMILES string of the molecule is Fc1ccc(COc2cccc(CNCc3cccnc3)c2)c(Cl)c1. The summed E-state index contributed by atoms with van der Waals surface area (Å²) in [4.78, 5) is 4.10. The van der Waals surface area contributed by atoms with Gasteiger partial charge in [-0.2, -0.15) is 0 Å². The lowest BCUT2D eigenvalue weighted by atomic mass is 10.2. The van der Waals surface area contributed by atoms with Gasteiger partial charge in [-0.3, -0.25) is 4.98 Å². The quantitative estimate of drug-likeness (QED) is 0.663. The molecule has 128 valence electrons. The predicted octanol–water partition coefficient (Wildman–Crippen LogP) is 4.74. The van der Waals surface area contributed by atoms with Gasteiger partial charge >= 0.3 is 0 Å². The van der Waals surface area contributed by atoms with Crippen molar-refractivity contribution in [2.75, 3.05) is 0 Å². The summed E-state index contributed by atoms with van der Waals surface area (Å²) in [5.41, 5.74) is 3.01. The lowest BCUT2D eigenvalue weighted by molar-refractivity contribution is 0.306. The molecule has 0 aliphatic heterocycles. The highest BCUT2D eigenvalue weighted by Crippen LogP contribution is 2.20. The Morgan fingerprint density at radius 1 is 1.00 bits per heavy atom. The molecule has 2 aromatic carbocycles. The van der Waals surface area contributed by atoms with E-state index in [1.54, 1.807) is 12.3 Å². The monoisotopic (exact) mass is 356 g/mol. The van der Waals surface area contributed by atoms with Gasteiger partial charge in [-0.25, -0.2) is 4.39 Å². The number of benzene rings is 2. The van der Waals surface area contributed by atoms with Crippen LogP contribution in [0.4, 0.5) is 4.39 Å². The first-order chi connectivity index (χ1) is 12.2. The minimum Gasteiger partial charge on any atom is -0.489 e. The topological polar surface area (TPSA) is 34.1 Å². The zero-order valence-electron chi connectivity index (χ0n) is 13.6. The van der Waals surface area contributed by atoms with E-state index in [4.69, 9.17) is 16.3 Å². The minimum absolute atomic E-state index is 0.297. The minimum atomic E-state index is -0.351. The highest BCUT2D eigenvalue weighted by molar-refractivity contribution is 6.31. The Kier molecular flexibility index (Phi) is 5.99. The fraction of sp³-hybridized carbons (Fsp3) is 0.150. The van der Waals surface area contributed by atoms with Crippen molar-refractivity contribution < 1.29 is 9.13 Å². The van der Waals surface area contributed by atoms with Crippen LogP contribution < -0.4 is 10.1 Å². The largest absolute Gasteiger partial charge is 0.489 e. The van der Waals surface area contributed by atoms with Crippen LogP contribution in [0, 0.1) is 5.82 Å². The summed E-state index contributed by atoms with van der Waals surface area (Å²) in [7, 11) is 0. The molecule has 3 nitrogen and oxygen atoms in total. The summed E-state index contributed by atoms with van der Waals surface area (Å²) in [5.74, 6) is 0.400. The van der Waals surface area contributed by atoms with E-state index in [1.807, 2.05) is 42.6 Å². The molecule has 0 radical (unpaired) electrons. The molecule has 0 saturated carbocycles. The molecule has 1 aromatic heterocycles. The molecule has 3 aromatic rings. The van der Waals surface area contributed by atoms with Crippen LogP contribution in [-0.4, -0.2) is 4.98 Å². The van der Waals surface area contributed by atoms with E-state index in [1.165, 1.54) is 12.1 Å². The maximum Gasteiger partial charge on any atom is 0.124 e. The summed E-state index contributed by atoms with van der Waals surface area (Å²) in [6, 6.07) is 16.1. The van der Waals surface area contributed by atoms with Crippen molar-refractivity contribution in [2.45, 2.75) is 19.7 Å². The number of hydrogen-bond acceptors (Lipinski definition) is 3. The Hall–Kier alpha value is -2.43. The summed E-state index contributed by atoms with van der Waals surface area (Å²) < 4.78 is 18.8. The van der Waals surface area contributed by atoms with E-state index in [-0.39, 0.29) is 5.82 Å². The standard InChI is InChI=1S/C20H18ClFN2O/c21-20-10-18(22)7-6-17(20)14-25-19-5-1-3-15(9-19)11-24-13-16-4-2-8-23-12-16/h1-10,12,24H,11,13-14H2. The van der Waals surface area contributed by atoms with Crippen LogP contribution >= 0.6 is 11.6 Å². The molecule has 3 rings (SSSR count). The third-order valence-corrected chi connectivity index (χ3v) is 4.04. The summed E-state index contributed by atoms with van der Waals surface area (Å²) >= 11 is 6.02. The average Bonchev–Trinajstić information content (AvgIpc) is 2.62. The van der Waals surface area contributed by atoms with Crippen LogP contribution in [0.3, 0.4) is 0 Å². The Morgan fingerprint density at radius 2 is 1.84 bits per heavy atom. The summed E-state index contributed by atoms with van der Waals surface area (Å²) in [6.07, 6.45) is 3.61. The van der Waals surface area contributed by atoms with E-state index in [0.717, 1.165) is 35.5 Å². The molecule has 0 atom stereocenters. The molecule has 1 N–H and O–H groups in total. The zero-order valence-corrected chi connectivity index (χ0v) is 14.3. The van der Waals surface area contributed by atoms with Crippen LogP contribution in [-0.2, 0) is 19.7 Å². The van der Waals surface area contributed by atoms with Crippen molar-refractivity contribution >= 4 is 11.6 Å². The Balaban J connectivity index is 1.54. The number of halogens is 2. The number of nitrogens with zero attached hydrogens (tertiary/aromatic N) is 1. The predicted molar refractivity (Wildman–Crippen MR) is 97.0 cm³/mol. The van der Waals surface area contributed by atoms with Crippen molar-refractivity contribution in [3.8, 4) is 5.75 Å². The van der Waals surface area contributed by atoms with E-state index in [0.29, 0.717) is 11.6 Å². The van der Waals surface area contributed by atoms with Crippen molar-refractivity contribution in [3.05, 3.63) is 94.5 Å². The van der Waals surface area contributed by atoms with E-state index >= 15 is 0 Å². The Bertz CT molecular complexity index is 827. The third kappa shape index (κ3) is 5.28. The van der Waals surface area contributed by atoms with Gasteiger partial charge in [0.25, 0.3) is 0 Å². The molecule has 0 amide bonds. The van der Waals surface area contributed by atoms with E-state index in [2.05, 4.69) is 10.3 Å². The van der Waals surface area contributed by atoms with Gasteiger partial charge in [0.2, 0.25) is 0 Å². The molecule has 5 heteroatoms. The zero-order chi connectivity index (χ0) is 17.5. The lowest BCUT2D eigenvalue weighted by Gasteiger charge is -2.10. The van der Waals surface area contributed by atoms with Crippen molar-refractivity contribution in [2.24, 2.45) is 0 Å². The maximum atomic E-state index is 13.1. The molecule has 0 bridgehead atoms.